The topological polar surface area (TPSA) is 108 Å². The van der Waals surface area contributed by atoms with Gasteiger partial charge in [0.1, 0.15) is 5.75 Å². The maximum Gasteiger partial charge on any atom is 0.275 e. The summed E-state index contributed by atoms with van der Waals surface area (Å²) in [5, 5.41) is 11.2. The molecule has 0 heterocycles. The van der Waals surface area contributed by atoms with Gasteiger partial charge in [0.25, 0.3) is 17.7 Å². The van der Waals surface area contributed by atoms with Gasteiger partial charge in [-0.2, -0.15) is 0 Å². The Hall–Kier alpha value is -3.39. The number of nitrogens with one attached hydrogen (secondary N) is 2. The number of hydroxylamine groups is 1. The smallest absolute Gasteiger partial charge is 0.275 e. The van der Waals surface area contributed by atoms with E-state index >= 15 is 0 Å². The maximum atomic E-state index is 12.7. The van der Waals surface area contributed by atoms with Gasteiger partial charge < -0.3 is 15.0 Å². The molecule has 8 heteroatoms. The van der Waals surface area contributed by atoms with Gasteiger partial charge >= 0.3 is 0 Å². The number of benzene rings is 2. The van der Waals surface area contributed by atoms with Crippen LogP contribution in [0.15, 0.2) is 48.5 Å². The molecule has 30 heavy (non-hydrogen) atoms. The molecule has 0 fully saturated rings. The van der Waals surface area contributed by atoms with Crippen LogP contribution in [0.3, 0.4) is 0 Å². The maximum absolute atomic E-state index is 12.7. The van der Waals surface area contributed by atoms with Crippen molar-refractivity contribution in [3.63, 3.8) is 0 Å². The number of ether oxygens (including phenoxy) is 1. The van der Waals surface area contributed by atoms with E-state index in [1.54, 1.807) is 24.3 Å². The summed E-state index contributed by atoms with van der Waals surface area (Å²) in [6.45, 7) is 4.82. The van der Waals surface area contributed by atoms with E-state index in [2.05, 4.69) is 19.2 Å². The Morgan fingerprint density at radius 1 is 0.967 bits per heavy atom. The van der Waals surface area contributed by atoms with Crippen molar-refractivity contribution in [2.75, 3.05) is 20.7 Å². The summed E-state index contributed by atoms with van der Waals surface area (Å²) < 4.78 is 5.68. The lowest BCUT2D eigenvalue weighted by molar-refractivity contribution is -0.140. The summed E-state index contributed by atoms with van der Waals surface area (Å²) in [5.74, 6) is -1.01. The van der Waals surface area contributed by atoms with Gasteiger partial charge in [-0.05, 0) is 41.3 Å². The van der Waals surface area contributed by atoms with Crippen molar-refractivity contribution < 1.29 is 24.3 Å². The van der Waals surface area contributed by atoms with Gasteiger partial charge in [-0.15, -0.1) is 0 Å². The second-order valence-electron chi connectivity index (χ2n) is 7.22. The van der Waals surface area contributed by atoms with Gasteiger partial charge in [-0.3, -0.25) is 19.6 Å². The average Bonchev–Trinajstić information content (AvgIpc) is 2.77. The van der Waals surface area contributed by atoms with Crippen molar-refractivity contribution in [2.24, 2.45) is 5.92 Å². The molecular formula is C22H27N3O5. The van der Waals surface area contributed by atoms with Crippen molar-refractivity contribution in [1.29, 1.82) is 0 Å². The van der Waals surface area contributed by atoms with Crippen LogP contribution in [0.25, 0.3) is 11.1 Å². The second kappa shape index (κ2) is 10.4. The van der Waals surface area contributed by atoms with Gasteiger partial charge in [0.2, 0.25) is 0 Å². The Kier molecular flexibility index (Phi) is 7.94. The Morgan fingerprint density at radius 3 is 1.97 bits per heavy atom. The van der Waals surface area contributed by atoms with E-state index in [0.717, 1.165) is 21.8 Å². The molecule has 2 aromatic rings. The molecule has 0 spiro atoms. The monoisotopic (exact) mass is 413 g/mol. The lowest BCUT2D eigenvalue weighted by Gasteiger charge is -2.25. The number of hydrogen-bond acceptors (Lipinski definition) is 5. The zero-order valence-corrected chi connectivity index (χ0v) is 17.5. The van der Waals surface area contributed by atoms with Gasteiger partial charge in [-0.25, -0.2) is 5.48 Å². The summed E-state index contributed by atoms with van der Waals surface area (Å²) >= 11 is 0. The van der Waals surface area contributed by atoms with Crippen LogP contribution in [0.4, 0.5) is 0 Å². The zero-order chi connectivity index (χ0) is 22.3. The number of amides is 3. The van der Waals surface area contributed by atoms with E-state index in [4.69, 9.17) is 9.94 Å². The molecule has 0 aliphatic rings. The van der Waals surface area contributed by atoms with Crippen LogP contribution in [0, 0.1) is 5.92 Å². The number of likely N-dealkylation sites (N-methyl/N-ethyl adjacent to an activating group) is 2. The molecular weight excluding hydrogens is 386 g/mol. The van der Waals surface area contributed by atoms with Crippen LogP contribution in [-0.4, -0.2) is 54.6 Å². The highest BCUT2D eigenvalue weighted by molar-refractivity contribution is 6.08. The van der Waals surface area contributed by atoms with Gasteiger partial charge in [0.15, 0.2) is 6.04 Å². The highest BCUT2D eigenvalue weighted by atomic mass is 16.5. The zero-order valence-electron chi connectivity index (χ0n) is 17.5. The molecule has 1 atom stereocenters. The minimum Gasteiger partial charge on any atom is -0.493 e. The standard InChI is InChI=1S/C22H27N3O5/c1-14(2)13-30-18-11-9-16(10-12-18)15-5-7-17(8-6-15)22(28)25(4)19(20(26)23-3)21(27)24-29/h5-12,14,19,29H,13H2,1-4H3,(H,23,26)(H,24,27). The Balaban J connectivity index is 2.15. The third kappa shape index (κ3) is 5.57. The molecule has 0 saturated carbocycles. The fourth-order valence-electron chi connectivity index (χ4n) is 2.80. The minimum atomic E-state index is -1.49. The minimum absolute atomic E-state index is 0.303. The molecule has 8 nitrogen and oxygen atoms in total. The molecule has 2 rings (SSSR count). The summed E-state index contributed by atoms with van der Waals surface area (Å²) in [5.41, 5.74) is 3.58. The molecule has 0 bridgehead atoms. The van der Waals surface area contributed by atoms with Crippen molar-refractivity contribution in [3.8, 4) is 16.9 Å². The molecule has 1 unspecified atom stereocenters. The first kappa shape index (κ1) is 22.9. The molecule has 0 aromatic heterocycles. The van der Waals surface area contributed by atoms with E-state index in [0.29, 0.717) is 18.1 Å². The molecule has 0 aliphatic carbocycles. The van der Waals surface area contributed by atoms with E-state index in [-0.39, 0.29) is 0 Å². The average molecular weight is 413 g/mol. The first-order valence-corrected chi connectivity index (χ1v) is 9.54. The van der Waals surface area contributed by atoms with Crippen molar-refractivity contribution >= 4 is 17.7 Å². The highest BCUT2D eigenvalue weighted by Gasteiger charge is 2.33. The van der Waals surface area contributed by atoms with Crippen LogP contribution >= 0.6 is 0 Å². The second-order valence-corrected chi connectivity index (χ2v) is 7.22. The number of hydrogen-bond donors (Lipinski definition) is 3. The van der Waals surface area contributed by atoms with Crippen LogP contribution in [0.2, 0.25) is 0 Å². The predicted octanol–water partition coefficient (Wildman–Crippen LogP) is 2.08. The normalized spacial score (nSPS) is 11.5. The van der Waals surface area contributed by atoms with E-state index in [1.165, 1.54) is 19.6 Å². The number of rotatable bonds is 8. The quantitative estimate of drug-likeness (QED) is 0.349. The molecule has 3 N–H and O–H groups in total. The summed E-state index contributed by atoms with van der Waals surface area (Å²) in [6, 6.07) is 13.0. The Morgan fingerprint density at radius 2 is 1.50 bits per heavy atom. The highest BCUT2D eigenvalue weighted by Crippen LogP contribution is 2.23. The van der Waals surface area contributed by atoms with E-state index in [9.17, 15) is 14.4 Å². The largest absolute Gasteiger partial charge is 0.493 e. The molecule has 2 aromatic carbocycles. The molecule has 160 valence electrons. The number of nitrogens with zero attached hydrogens (tertiary/aromatic N) is 1. The van der Waals surface area contributed by atoms with Crippen molar-refractivity contribution in [3.05, 3.63) is 54.1 Å². The summed E-state index contributed by atoms with van der Waals surface area (Å²) in [7, 11) is 2.66. The first-order chi connectivity index (χ1) is 14.3. The fraction of sp³-hybridized carbons (Fsp3) is 0.318. The predicted molar refractivity (Wildman–Crippen MR) is 112 cm³/mol. The first-order valence-electron chi connectivity index (χ1n) is 9.54. The third-order valence-corrected chi connectivity index (χ3v) is 4.46. The lowest BCUT2D eigenvalue weighted by Crippen LogP contribution is -2.54. The van der Waals surface area contributed by atoms with Crippen LogP contribution in [0.1, 0.15) is 24.2 Å². The molecule has 0 radical (unpaired) electrons. The lowest BCUT2D eigenvalue weighted by atomic mass is 10.0. The van der Waals surface area contributed by atoms with E-state index < -0.39 is 23.8 Å². The van der Waals surface area contributed by atoms with Crippen molar-refractivity contribution in [1.82, 2.24) is 15.7 Å². The summed E-state index contributed by atoms with van der Waals surface area (Å²) in [6.07, 6.45) is 0. The van der Waals surface area contributed by atoms with Gasteiger partial charge in [0.05, 0.1) is 6.61 Å². The number of carbonyl (C=O) groups is 3. The summed E-state index contributed by atoms with van der Waals surface area (Å²) in [4.78, 5) is 37.5. The van der Waals surface area contributed by atoms with Crippen molar-refractivity contribution in [2.45, 2.75) is 19.9 Å². The third-order valence-electron chi connectivity index (χ3n) is 4.46. The van der Waals surface area contributed by atoms with E-state index in [1.807, 2.05) is 24.3 Å². The SMILES string of the molecule is CNC(=O)C(C(=O)NO)N(C)C(=O)c1ccc(-c2ccc(OCC(C)C)cc2)cc1. The molecule has 0 saturated heterocycles. The van der Waals surface area contributed by atoms with Crippen LogP contribution in [-0.2, 0) is 9.59 Å². The Labute approximate surface area is 175 Å². The van der Waals surface area contributed by atoms with Gasteiger partial charge in [-0.1, -0.05) is 38.1 Å². The fourth-order valence-corrected chi connectivity index (χ4v) is 2.80. The Bertz CT molecular complexity index is 863. The number of carbonyl (C=O) groups excluding carboxylic acids is 3. The van der Waals surface area contributed by atoms with Crippen LogP contribution in [0.5, 0.6) is 5.75 Å². The van der Waals surface area contributed by atoms with Crippen LogP contribution < -0.4 is 15.5 Å². The molecule has 3 amide bonds. The van der Waals surface area contributed by atoms with Gasteiger partial charge in [0, 0.05) is 19.7 Å². The molecule has 0 aliphatic heterocycles.